The van der Waals surface area contributed by atoms with E-state index in [9.17, 15) is 0 Å². The molecule has 0 unspecified atom stereocenters. The first-order valence-corrected chi connectivity index (χ1v) is 5.75. The van der Waals surface area contributed by atoms with Crippen molar-refractivity contribution in [3.8, 4) is 11.5 Å². The summed E-state index contributed by atoms with van der Waals surface area (Å²) < 4.78 is 2.75. The van der Waals surface area contributed by atoms with E-state index in [4.69, 9.17) is 5.73 Å². The number of nitrogen functional groups attached to an aromatic ring is 1. The van der Waals surface area contributed by atoms with Crippen LogP contribution < -0.4 is 5.73 Å². The van der Waals surface area contributed by atoms with E-state index in [1.54, 1.807) is 18.5 Å². The molecule has 0 atom stereocenters. The van der Waals surface area contributed by atoms with Crippen molar-refractivity contribution in [1.82, 2.24) is 19.6 Å². The molecule has 3 aromatic heterocycles. The van der Waals surface area contributed by atoms with E-state index >= 15 is 0 Å². The van der Waals surface area contributed by atoms with Crippen LogP contribution in [0.5, 0.6) is 0 Å². The molecule has 3 aromatic rings. The van der Waals surface area contributed by atoms with Crippen molar-refractivity contribution < 1.29 is 0 Å². The number of pyridine rings is 2. The van der Waals surface area contributed by atoms with Gasteiger partial charge in [0.1, 0.15) is 5.69 Å². The van der Waals surface area contributed by atoms with Gasteiger partial charge in [-0.2, -0.15) is 0 Å². The Morgan fingerprint density at radius 1 is 1.12 bits per heavy atom. The van der Waals surface area contributed by atoms with Crippen molar-refractivity contribution in [2.45, 2.75) is 0 Å². The summed E-state index contributed by atoms with van der Waals surface area (Å²) in [7, 11) is 0. The molecule has 0 aliphatic heterocycles. The van der Waals surface area contributed by atoms with E-state index in [1.165, 1.54) is 0 Å². The summed E-state index contributed by atoms with van der Waals surface area (Å²) in [6.07, 6.45) is 3.51. The highest BCUT2D eigenvalue weighted by atomic mass is 79.9. The van der Waals surface area contributed by atoms with Crippen LogP contribution in [0.1, 0.15) is 0 Å². The highest BCUT2D eigenvalue weighted by Gasteiger charge is 2.08. The molecule has 3 rings (SSSR count). The molecule has 0 saturated heterocycles. The average Bonchev–Trinajstić information content (AvgIpc) is 2.73. The summed E-state index contributed by atoms with van der Waals surface area (Å²) in [5.41, 5.74) is 7.92. The molecule has 0 fully saturated rings. The molecule has 3 heterocycles. The number of halogens is 1. The maximum Gasteiger partial charge on any atom is 0.187 e. The van der Waals surface area contributed by atoms with Crippen molar-refractivity contribution in [3.63, 3.8) is 0 Å². The zero-order valence-electron chi connectivity index (χ0n) is 8.71. The van der Waals surface area contributed by atoms with Gasteiger partial charge in [-0.25, -0.2) is 0 Å². The van der Waals surface area contributed by atoms with E-state index < -0.39 is 0 Å². The highest BCUT2D eigenvalue weighted by Crippen LogP contribution is 2.19. The Kier molecular flexibility index (Phi) is 2.29. The molecule has 6 heteroatoms. The number of nitrogens with zero attached hydrogens (tertiary/aromatic N) is 4. The predicted molar refractivity (Wildman–Crippen MR) is 68.3 cm³/mol. The van der Waals surface area contributed by atoms with Crippen LogP contribution in [0.15, 0.2) is 41.1 Å². The number of aromatic nitrogens is 4. The zero-order chi connectivity index (χ0) is 11.8. The van der Waals surface area contributed by atoms with Crippen LogP contribution in [0.3, 0.4) is 0 Å². The Morgan fingerprint density at radius 2 is 2.00 bits per heavy atom. The molecule has 0 aliphatic rings. The van der Waals surface area contributed by atoms with E-state index in [0.717, 1.165) is 15.8 Å². The number of anilines is 1. The molecule has 0 amide bonds. The van der Waals surface area contributed by atoms with E-state index in [1.807, 2.05) is 22.6 Å². The Bertz CT molecular complexity index is 674. The lowest BCUT2D eigenvalue weighted by atomic mass is 10.3. The minimum atomic E-state index is 0.663. The van der Waals surface area contributed by atoms with Gasteiger partial charge in [0.15, 0.2) is 11.5 Å². The van der Waals surface area contributed by atoms with Crippen LogP contribution in [0, 0.1) is 0 Å². The van der Waals surface area contributed by atoms with Crippen molar-refractivity contribution >= 4 is 27.3 Å². The number of hydrogen-bond donors (Lipinski definition) is 1. The fraction of sp³-hybridized carbons (Fsp3) is 0. The molecule has 5 nitrogen and oxygen atoms in total. The highest BCUT2D eigenvalue weighted by molar-refractivity contribution is 9.10. The van der Waals surface area contributed by atoms with Crippen molar-refractivity contribution in [2.24, 2.45) is 0 Å². The van der Waals surface area contributed by atoms with Crippen LogP contribution in [0.4, 0.5) is 5.69 Å². The summed E-state index contributed by atoms with van der Waals surface area (Å²) in [6, 6.07) is 7.41. The average molecular weight is 290 g/mol. The normalized spacial score (nSPS) is 10.9. The largest absolute Gasteiger partial charge is 0.398 e. The summed E-state index contributed by atoms with van der Waals surface area (Å²) in [5.74, 6) is 0.680. The molecular formula is C11H8BrN5. The predicted octanol–water partition coefficient (Wildman–Crippen LogP) is 2.14. The summed E-state index contributed by atoms with van der Waals surface area (Å²) in [4.78, 5) is 4.29. The van der Waals surface area contributed by atoms with Crippen LogP contribution in [0.2, 0.25) is 0 Å². The van der Waals surface area contributed by atoms with Gasteiger partial charge >= 0.3 is 0 Å². The second-order valence-corrected chi connectivity index (χ2v) is 4.49. The Balaban J connectivity index is 2.23. The van der Waals surface area contributed by atoms with Crippen molar-refractivity contribution in [3.05, 3.63) is 41.1 Å². The molecule has 0 aliphatic carbocycles. The SMILES string of the molecule is Nc1ccc2nnc(-c3ccc(Br)cn3)n2c1. The van der Waals surface area contributed by atoms with Gasteiger partial charge in [0.2, 0.25) is 0 Å². The number of fused-ring (bicyclic) bond motifs is 1. The molecule has 0 spiro atoms. The standard InChI is InChI=1S/C11H8BrN5/c12-7-1-3-9(14-5-7)11-16-15-10-4-2-8(13)6-17(10)11/h1-6H,13H2. The van der Waals surface area contributed by atoms with Gasteiger partial charge in [-0.1, -0.05) is 0 Å². The molecule has 0 aromatic carbocycles. The molecule has 0 bridgehead atoms. The Labute approximate surface area is 105 Å². The van der Waals surface area contributed by atoms with Crippen LogP contribution >= 0.6 is 15.9 Å². The minimum absolute atomic E-state index is 0.663. The van der Waals surface area contributed by atoms with Gasteiger partial charge in [0, 0.05) is 22.6 Å². The molecule has 0 radical (unpaired) electrons. The number of rotatable bonds is 1. The minimum Gasteiger partial charge on any atom is -0.398 e. The topological polar surface area (TPSA) is 69.1 Å². The molecular weight excluding hydrogens is 282 g/mol. The van der Waals surface area contributed by atoms with Gasteiger partial charge in [-0.3, -0.25) is 9.38 Å². The van der Waals surface area contributed by atoms with Crippen molar-refractivity contribution in [2.75, 3.05) is 5.73 Å². The van der Waals surface area contributed by atoms with Crippen LogP contribution in [-0.2, 0) is 0 Å². The molecule has 0 saturated carbocycles. The zero-order valence-corrected chi connectivity index (χ0v) is 10.3. The molecule has 2 N–H and O–H groups in total. The quantitative estimate of drug-likeness (QED) is 0.745. The van der Waals surface area contributed by atoms with Gasteiger partial charge < -0.3 is 5.73 Å². The first kappa shape index (κ1) is 10.2. The van der Waals surface area contributed by atoms with Gasteiger partial charge in [0.05, 0.1) is 0 Å². The fourth-order valence-corrected chi connectivity index (χ4v) is 1.82. The summed E-state index contributed by atoms with van der Waals surface area (Å²) in [6.45, 7) is 0. The van der Waals surface area contributed by atoms with Crippen molar-refractivity contribution in [1.29, 1.82) is 0 Å². The lowest BCUT2D eigenvalue weighted by Gasteiger charge is -2.00. The smallest absolute Gasteiger partial charge is 0.187 e. The van der Waals surface area contributed by atoms with E-state index in [0.29, 0.717) is 11.5 Å². The van der Waals surface area contributed by atoms with E-state index in [2.05, 4.69) is 31.1 Å². The van der Waals surface area contributed by atoms with Gasteiger partial charge in [-0.05, 0) is 40.2 Å². The second kappa shape index (κ2) is 3.81. The Hall–Kier alpha value is -1.95. The van der Waals surface area contributed by atoms with Gasteiger partial charge in [-0.15, -0.1) is 10.2 Å². The Morgan fingerprint density at radius 3 is 2.76 bits per heavy atom. The lowest BCUT2D eigenvalue weighted by Crippen LogP contribution is -1.94. The van der Waals surface area contributed by atoms with Crippen LogP contribution in [0.25, 0.3) is 17.2 Å². The third-order valence-corrected chi connectivity index (χ3v) is 2.85. The maximum absolute atomic E-state index is 5.75. The lowest BCUT2D eigenvalue weighted by molar-refractivity contribution is 1.09. The third kappa shape index (κ3) is 1.76. The maximum atomic E-state index is 5.75. The van der Waals surface area contributed by atoms with E-state index in [-0.39, 0.29) is 0 Å². The second-order valence-electron chi connectivity index (χ2n) is 3.58. The van der Waals surface area contributed by atoms with Gasteiger partial charge in [0.25, 0.3) is 0 Å². The van der Waals surface area contributed by atoms with Crippen LogP contribution in [-0.4, -0.2) is 19.6 Å². The number of hydrogen-bond acceptors (Lipinski definition) is 4. The first-order chi connectivity index (χ1) is 8.24. The molecule has 17 heavy (non-hydrogen) atoms. The first-order valence-electron chi connectivity index (χ1n) is 4.96. The number of nitrogens with two attached hydrogens (primary N) is 1. The summed E-state index contributed by atoms with van der Waals surface area (Å²) in [5, 5.41) is 8.18. The molecule has 84 valence electrons. The monoisotopic (exact) mass is 289 g/mol. The third-order valence-electron chi connectivity index (χ3n) is 2.38. The summed E-state index contributed by atoms with van der Waals surface area (Å²) >= 11 is 3.34. The fourth-order valence-electron chi connectivity index (χ4n) is 1.59.